The first-order valence-corrected chi connectivity index (χ1v) is 7.75. The van der Waals surface area contributed by atoms with E-state index in [0.29, 0.717) is 24.3 Å². The molecular weight excluding hydrogens is 298 g/mol. The van der Waals surface area contributed by atoms with Crippen LogP contribution >= 0.6 is 0 Å². The van der Waals surface area contributed by atoms with Crippen LogP contribution in [0.4, 0.5) is 0 Å². The molecule has 0 radical (unpaired) electrons. The van der Waals surface area contributed by atoms with Gasteiger partial charge in [-0.3, -0.25) is 9.59 Å². The Bertz CT molecular complexity index is 557. The first-order chi connectivity index (χ1) is 10.9. The molecule has 2 unspecified atom stereocenters. The van der Waals surface area contributed by atoms with E-state index in [1.165, 1.54) is 0 Å². The minimum absolute atomic E-state index is 0.145. The monoisotopic (exact) mass is 321 g/mol. The number of aliphatic carboxylic acids is 1. The molecule has 1 aromatic rings. The Labute approximate surface area is 135 Å². The molecule has 126 valence electrons. The molecule has 23 heavy (non-hydrogen) atoms. The van der Waals surface area contributed by atoms with Gasteiger partial charge in [-0.05, 0) is 44.0 Å². The fraction of sp³-hybridized carbons (Fsp3) is 0.529. The first kappa shape index (κ1) is 17.1. The van der Waals surface area contributed by atoms with Crippen molar-refractivity contribution in [1.29, 1.82) is 0 Å². The lowest BCUT2D eigenvalue weighted by Crippen LogP contribution is -2.56. The number of nitrogens with one attached hydrogen (secondary N) is 1. The highest BCUT2D eigenvalue weighted by Gasteiger charge is 2.42. The van der Waals surface area contributed by atoms with Gasteiger partial charge in [-0.25, -0.2) is 0 Å². The second kappa shape index (κ2) is 7.35. The van der Waals surface area contributed by atoms with Gasteiger partial charge in [0.1, 0.15) is 11.5 Å². The molecule has 1 aliphatic rings. The summed E-state index contributed by atoms with van der Waals surface area (Å²) in [6, 6.07) is 6.93. The van der Waals surface area contributed by atoms with Crippen LogP contribution in [0.3, 0.4) is 0 Å². The fourth-order valence-corrected chi connectivity index (χ4v) is 3.05. The number of carboxylic acids is 1. The lowest BCUT2D eigenvalue weighted by atomic mass is 9.74. The highest BCUT2D eigenvalue weighted by molar-refractivity contribution is 5.80. The van der Waals surface area contributed by atoms with Gasteiger partial charge < -0.3 is 19.9 Å². The zero-order valence-electron chi connectivity index (χ0n) is 13.5. The summed E-state index contributed by atoms with van der Waals surface area (Å²) in [4.78, 5) is 23.5. The summed E-state index contributed by atoms with van der Waals surface area (Å²) in [5, 5.41) is 12.2. The molecule has 0 heterocycles. The smallest absolute Gasteiger partial charge is 0.308 e. The van der Waals surface area contributed by atoms with E-state index < -0.39 is 17.4 Å². The maximum atomic E-state index is 12.1. The molecule has 1 amide bonds. The molecule has 0 aromatic heterocycles. The summed E-state index contributed by atoms with van der Waals surface area (Å²) in [5.74, 6) is -0.452. The molecule has 0 spiro atoms. The molecule has 2 atom stereocenters. The van der Waals surface area contributed by atoms with Crippen LogP contribution in [0.25, 0.3) is 0 Å². The largest absolute Gasteiger partial charge is 0.497 e. The quantitative estimate of drug-likeness (QED) is 0.839. The van der Waals surface area contributed by atoms with Crippen LogP contribution in [0, 0.1) is 5.92 Å². The minimum Gasteiger partial charge on any atom is -0.497 e. The first-order valence-electron chi connectivity index (χ1n) is 7.75. The van der Waals surface area contributed by atoms with Crippen LogP contribution in [-0.2, 0) is 9.59 Å². The Hall–Kier alpha value is -2.24. The molecule has 1 saturated carbocycles. The van der Waals surface area contributed by atoms with Gasteiger partial charge >= 0.3 is 5.97 Å². The van der Waals surface area contributed by atoms with Crippen LogP contribution < -0.4 is 14.8 Å². The van der Waals surface area contributed by atoms with Crippen LogP contribution in [-0.4, -0.2) is 36.2 Å². The summed E-state index contributed by atoms with van der Waals surface area (Å²) in [5.41, 5.74) is -0.718. The van der Waals surface area contributed by atoms with Crippen LogP contribution in [0.5, 0.6) is 11.5 Å². The number of hydrogen-bond donors (Lipinski definition) is 2. The van der Waals surface area contributed by atoms with Crippen LogP contribution in [0.1, 0.15) is 32.6 Å². The number of benzene rings is 1. The maximum absolute atomic E-state index is 12.1. The Morgan fingerprint density at radius 1 is 1.26 bits per heavy atom. The number of rotatable bonds is 6. The Morgan fingerprint density at radius 3 is 2.52 bits per heavy atom. The third-order valence-electron chi connectivity index (χ3n) is 4.36. The summed E-state index contributed by atoms with van der Waals surface area (Å²) < 4.78 is 10.5. The van der Waals surface area contributed by atoms with E-state index in [-0.39, 0.29) is 12.5 Å². The molecule has 0 saturated heterocycles. The third kappa shape index (κ3) is 4.37. The molecule has 1 aromatic carbocycles. The fourth-order valence-electron chi connectivity index (χ4n) is 3.05. The van der Waals surface area contributed by atoms with E-state index in [2.05, 4.69) is 5.32 Å². The van der Waals surface area contributed by atoms with Crippen LogP contribution in [0.2, 0.25) is 0 Å². The number of carbonyl (C=O) groups excluding carboxylic acids is 1. The standard InChI is InChI=1S/C17H23NO5/c1-17(10-4-3-5-14(17)16(20)21)18-15(19)11-23-13-8-6-12(22-2)7-9-13/h6-9,14H,3-5,10-11H2,1-2H3,(H,18,19)(H,20,21). The summed E-state index contributed by atoms with van der Waals surface area (Å²) in [7, 11) is 1.58. The predicted molar refractivity (Wildman–Crippen MR) is 84.6 cm³/mol. The van der Waals surface area contributed by atoms with Crippen molar-refractivity contribution < 1.29 is 24.2 Å². The van der Waals surface area contributed by atoms with Crippen molar-refractivity contribution in [2.75, 3.05) is 13.7 Å². The lowest BCUT2D eigenvalue weighted by molar-refractivity contribution is -0.146. The van der Waals surface area contributed by atoms with E-state index in [1.54, 1.807) is 38.3 Å². The Kier molecular flexibility index (Phi) is 5.47. The zero-order valence-corrected chi connectivity index (χ0v) is 13.5. The average molecular weight is 321 g/mol. The van der Waals surface area contributed by atoms with Crippen molar-refractivity contribution >= 4 is 11.9 Å². The summed E-state index contributed by atoms with van der Waals surface area (Å²) in [6.45, 7) is 1.66. The van der Waals surface area contributed by atoms with Crippen molar-refractivity contribution in [3.63, 3.8) is 0 Å². The number of hydrogen-bond acceptors (Lipinski definition) is 4. The van der Waals surface area contributed by atoms with E-state index >= 15 is 0 Å². The van der Waals surface area contributed by atoms with Crippen molar-refractivity contribution in [3.8, 4) is 11.5 Å². The Balaban J connectivity index is 1.91. The minimum atomic E-state index is -0.858. The highest BCUT2D eigenvalue weighted by Crippen LogP contribution is 2.33. The third-order valence-corrected chi connectivity index (χ3v) is 4.36. The number of carboxylic acid groups (broad SMARTS) is 1. The zero-order chi connectivity index (χ0) is 16.9. The number of methoxy groups -OCH3 is 1. The maximum Gasteiger partial charge on any atom is 0.308 e. The molecule has 2 rings (SSSR count). The molecule has 2 N–H and O–H groups in total. The Morgan fingerprint density at radius 2 is 1.91 bits per heavy atom. The molecule has 1 aliphatic carbocycles. The van der Waals surface area contributed by atoms with Crippen molar-refractivity contribution in [3.05, 3.63) is 24.3 Å². The molecular formula is C17H23NO5. The van der Waals surface area contributed by atoms with Gasteiger partial charge in [0.15, 0.2) is 6.61 Å². The SMILES string of the molecule is COc1ccc(OCC(=O)NC2(C)CCCCC2C(=O)O)cc1. The second-order valence-corrected chi connectivity index (χ2v) is 6.07. The predicted octanol–water partition coefficient (Wildman–Crippen LogP) is 2.22. The number of carbonyl (C=O) groups is 2. The topological polar surface area (TPSA) is 84.9 Å². The van der Waals surface area contributed by atoms with Gasteiger partial charge in [0.2, 0.25) is 0 Å². The molecule has 0 bridgehead atoms. The van der Waals surface area contributed by atoms with E-state index in [0.717, 1.165) is 12.8 Å². The number of amides is 1. The highest BCUT2D eigenvalue weighted by atomic mass is 16.5. The lowest BCUT2D eigenvalue weighted by Gasteiger charge is -2.39. The van der Waals surface area contributed by atoms with Gasteiger partial charge in [0, 0.05) is 0 Å². The van der Waals surface area contributed by atoms with Gasteiger partial charge in [0.25, 0.3) is 5.91 Å². The van der Waals surface area contributed by atoms with Crippen LogP contribution in [0.15, 0.2) is 24.3 Å². The van der Waals surface area contributed by atoms with Gasteiger partial charge in [-0.15, -0.1) is 0 Å². The molecule has 6 heteroatoms. The van der Waals surface area contributed by atoms with Gasteiger partial charge in [-0.1, -0.05) is 12.8 Å². The average Bonchev–Trinajstić information content (AvgIpc) is 2.53. The van der Waals surface area contributed by atoms with Crippen molar-refractivity contribution in [1.82, 2.24) is 5.32 Å². The van der Waals surface area contributed by atoms with E-state index in [9.17, 15) is 14.7 Å². The van der Waals surface area contributed by atoms with E-state index in [1.807, 2.05) is 0 Å². The number of ether oxygens (including phenoxy) is 2. The van der Waals surface area contributed by atoms with E-state index in [4.69, 9.17) is 9.47 Å². The molecule has 6 nitrogen and oxygen atoms in total. The van der Waals surface area contributed by atoms with Crippen molar-refractivity contribution in [2.24, 2.45) is 5.92 Å². The molecule has 0 aliphatic heterocycles. The summed E-state index contributed by atoms with van der Waals surface area (Å²) >= 11 is 0. The normalized spacial score (nSPS) is 23.8. The summed E-state index contributed by atoms with van der Waals surface area (Å²) in [6.07, 6.45) is 3.05. The van der Waals surface area contributed by atoms with Crippen molar-refractivity contribution in [2.45, 2.75) is 38.1 Å². The van der Waals surface area contributed by atoms with Gasteiger partial charge in [0.05, 0.1) is 18.6 Å². The second-order valence-electron chi connectivity index (χ2n) is 6.07. The molecule has 1 fully saturated rings. The van der Waals surface area contributed by atoms with Gasteiger partial charge in [-0.2, -0.15) is 0 Å².